The Hall–Kier alpha value is -0.930. The van der Waals surface area contributed by atoms with E-state index in [0.717, 1.165) is 25.7 Å². The molecule has 0 amide bonds. The second-order valence-corrected chi connectivity index (χ2v) is 10.6. The lowest BCUT2D eigenvalue weighted by Gasteiger charge is -2.60. The highest BCUT2D eigenvalue weighted by molar-refractivity contribution is 5.74. The van der Waals surface area contributed by atoms with Crippen LogP contribution in [0.25, 0.3) is 0 Å². The van der Waals surface area contributed by atoms with Crippen molar-refractivity contribution in [2.45, 2.75) is 106 Å². The standard InChI is InChI=1S/C21H32O2.C4H8O.C2H6/c1-13-11-16-15-9-8-14-7-5-6-10-19(14,2)18(15)17(22)12-20(16,3)21(13,4)23;1-3-4(2)5;1-2/h5-7,13,15-18,22-23H,8-12H2,1-4H3;3H2,1-2H3;1-2H3/t13?,15?,16?,17?,18?,19?,20?,21-;;/m1../s1. The van der Waals surface area contributed by atoms with E-state index in [9.17, 15) is 15.0 Å². The highest BCUT2D eigenvalue weighted by Gasteiger charge is 2.66. The van der Waals surface area contributed by atoms with E-state index < -0.39 is 5.60 Å². The summed E-state index contributed by atoms with van der Waals surface area (Å²) < 4.78 is 0. The molecule has 3 nitrogen and oxygen atoms in total. The fourth-order valence-electron chi connectivity index (χ4n) is 7.05. The van der Waals surface area contributed by atoms with Gasteiger partial charge in [-0.25, -0.2) is 0 Å². The molecular formula is C27H46O3. The summed E-state index contributed by atoms with van der Waals surface area (Å²) in [5.74, 6) is 2.02. The first-order chi connectivity index (χ1) is 14.0. The van der Waals surface area contributed by atoms with Gasteiger partial charge >= 0.3 is 0 Å². The molecule has 0 spiro atoms. The summed E-state index contributed by atoms with van der Waals surface area (Å²) in [7, 11) is 0. The van der Waals surface area contributed by atoms with Gasteiger partial charge in [-0.2, -0.15) is 0 Å². The predicted octanol–water partition coefficient (Wildman–Crippen LogP) is 6.09. The molecule has 0 aliphatic heterocycles. The molecule has 3 saturated carbocycles. The monoisotopic (exact) mass is 418 g/mol. The number of carbonyl (C=O) groups excluding carboxylic acids is 1. The first kappa shape index (κ1) is 25.3. The minimum Gasteiger partial charge on any atom is -0.393 e. The molecule has 0 aromatic heterocycles. The molecule has 0 radical (unpaired) electrons. The van der Waals surface area contributed by atoms with E-state index >= 15 is 0 Å². The first-order valence-corrected chi connectivity index (χ1v) is 12.2. The van der Waals surface area contributed by atoms with Crippen molar-refractivity contribution in [1.82, 2.24) is 0 Å². The lowest BCUT2D eigenvalue weighted by Crippen LogP contribution is -2.59. The summed E-state index contributed by atoms with van der Waals surface area (Å²) >= 11 is 0. The van der Waals surface area contributed by atoms with Gasteiger partial charge in [0.25, 0.3) is 0 Å². The zero-order chi connectivity index (χ0) is 22.9. The lowest BCUT2D eigenvalue weighted by molar-refractivity contribution is -0.168. The number of Topliss-reactive ketones (excluding diaryl/α,β-unsaturated/α-hetero) is 1. The van der Waals surface area contributed by atoms with Gasteiger partial charge in [-0.05, 0) is 75.0 Å². The number of aliphatic hydroxyl groups excluding tert-OH is 1. The normalized spacial score (nSPS) is 46.1. The van der Waals surface area contributed by atoms with Crippen LogP contribution in [0.4, 0.5) is 0 Å². The van der Waals surface area contributed by atoms with Crippen LogP contribution in [0.1, 0.15) is 93.9 Å². The van der Waals surface area contributed by atoms with Crippen LogP contribution >= 0.6 is 0 Å². The van der Waals surface area contributed by atoms with E-state index in [-0.39, 0.29) is 22.7 Å². The van der Waals surface area contributed by atoms with Gasteiger partial charge in [0.15, 0.2) is 0 Å². The molecule has 3 heteroatoms. The molecular weight excluding hydrogens is 372 g/mol. The Morgan fingerprint density at radius 3 is 2.40 bits per heavy atom. The second-order valence-electron chi connectivity index (χ2n) is 10.6. The van der Waals surface area contributed by atoms with Crippen molar-refractivity contribution in [2.24, 2.45) is 34.5 Å². The molecule has 3 fully saturated rings. The zero-order valence-electron chi connectivity index (χ0n) is 20.7. The number of ketones is 1. The Morgan fingerprint density at radius 1 is 1.23 bits per heavy atom. The van der Waals surface area contributed by atoms with E-state index in [0.29, 0.717) is 30.1 Å². The third-order valence-corrected chi connectivity index (χ3v) is 9.26. The van der Waals surface area contributed by atoms with E-state index in [1.165, 1.54) is 6.42 Å². The molecule has 30 heavy (non-hydrogen) atoms. The molecule has 0 saturated heterocycles. The average molecular weight is 419 g/mol. The van der Waals surface area contributed by atoms with Gasteiger partial charge in [0.2, 0.25) is 0 Å². The van der Waals surface area contributed by atoms with Crippen molar-refractivity contribution in [2.75, 3.05) is 0 Å². The summed E-state index contributed by atoms with van der Waals surface area (Å²) in [6.45, 7) is 16.3. The fourth-order valence-corrected chi connectivity index (χ4v) is 7.05. The molecule has 0 heterocycles. The maximum absolute atomic E-state index is 11.2. The summed E-state index contributed by atoms with van der Waals surface area (Å²) in [4.78, 5) is 9.81. The van der Waals surface area contributed by atoms with Crippen LogP contribution in [0, 0.1) is 34.5 Å². The molecule has 0 aromatic rings. The molecule has 8 atom stereocenters. The Morgan fingerprint density at radius 2 is 1.83 bits per heavy atom. The van der Waals surface area contributed by atoms with E-state index in [1.54, 1.807) is 12.5 Å². The number of fused-ring (bicyclic) bond motifs is 5. The van der Waals surface area contributed by atoms with Gasteiger partial charge in [0, 0.05) is 11.8 Å². The number of hydrogen-bond acceptors (Lipinski definition) is 3. The smallest absolute Gasteiger partial charge is 0.129 e. The van der Waals surface area contributed by atoms with E-state index in [2.05, 4.69) is 39.0 Å². The van der Waals surface area contributed by atoms with E-state index in [4.69, 9.17) is 0 Å². The molecule has 4 aliphatic rings. The van der Waals surface area contributed by atoms with Crippen molar-refractivity contribution in [3.63, 3.8) is 0 Å². The number of aliphatic hydroxyl groups is 2. The summed E-state index contributed by atoms with van der Waals surface area (Å²) in [5.41, 5.74) is 0.861. The van der Waals surface area contributed by atoms with Crippen molar-refractivity contribution in [3.05, 3.63) is 23.8 Å². The molecule has 7 unspecified atom stereocenters. The van der Waals surface area contributed by atoms with Crippen LogP contribution in [-0.4, -0.2) is 27.7 Å². The van der Waals surface area contributed by atoms with E-state index in [1.807, 2.05) is 27.7 Å². The van der Waals surface area contributed by atoms with Gasteiger partial charge < -0.3 is 15.0 Å². The third-order valence-electron chi connectivity index (χ3n) is 9.26. The number of hydrogen-bond donors (Lipinski definition) is 2. The maximum atomic E-state index is 11.2. The molecule has 172 valence electrons. The SMILES string of the molecule is CC.CC1CC2C3CCC4=CC=CCC4(C)C3C(O)CC2(C)[C@]1(C)O.CCC(C)=O. The minimum absolute atomic E-state index is 0.121. The van der Waals surface area contributed by atoms with Crippen molar-refractivity contribution >= 4 is 5.78 Å². The molecule has 2 N–H and O–H groups in total. The number of allylic oxidation sites excluding steroid dienone is 4. The topological polar surface area (TPSA) is 57.5 Å². The van der Waals surface area contributed by atoms with Crippen molar-refractivity contribution in [1.29, 1.82) is 0 Å². The van der Waals surface area contributed by atoms with Gasteiger partial charge in [-0.15, -0.1) is 0 Å². The molecule has 4 aliphatic carbocycles. The second kappa shape index (κ2) is 9.28. The first-order valence-electron chi connectivity index (χ1n) is 12.2. The van der Waals surface area contributed by atoms with Crippen LogP contribution < -0.4 is 0 Å². The number of carbonyl (C=O) groups is 1. The van der Waals surface area contributed by atoms with Gasteiger partial charge in [0.05, 0.1) is 11.7 Å². The number of rotatable bonds is 1. The van der Waals surface area contributed by atoms with Gasteiger partial charge in [0.1, 0.15) is 5.78 Å². The molecule has 0 aromatic carbocycles. The summed E-state index contributed by atoms with van der Waals surface area (Å²) in [5, 5.41) is 22.4. The average Bonchev–Trinajstić information content (AvgIpc) is 2.88. The fraction of sp³-hybridized carbons (Fsp3) is 0.815. The molecule has 0 bridgehead atoms. The predicted molar refractivity (Wildman–Crippen MR) is 125 cm³/mol. The summed E-state index contributed by atoms with van der Waals surface area (Å²) in [6, 6.07) is 0. The van der Waals surface area contributed by atoms with Crippen LogP contribution in [0.3, 0.4) is 0 Å². The van der Waals surface area contributed by atoms with Gasteiger partial charge in [-0.3, -0.25) is 0 Å². The summed E-state index contributed by atoms with van der Waals surface area (Å²) in [6.07, 6.45) is 12.4. The zero-order valence-corrected chi connectivity index (χ0v) is 20.7. The Bertz CT molecular complexity index is 676. The Balaban J connectivity index is 0.000000404. The lowest BCUT2D eigenvalue weighted by atomic mass is 9.46. The minimum atomic E-state index is -0.660. The maximum Gasteiger partial charge on any atom is 0.129 e. The van der Waals surface area contributed by atoms with Crippen molar-refractivity contribution < 1.29 is 15.0 Å². The van der Waals surface area contributed by atoms with Crippen LogP contribution in [-0.2, 0) is 4.79 Å². The van der Waals surface area contributed by atoms with Crippen LogP contribution in [0.5, 0.6) is 0 Å². The van der Waals surface area contributed by atoms with Gasteiger partial charge in [-0.1, -0.05) is 65.3 Å². The quantitative estimate of drug-likeness (QED) is 0.541. The van der Waals surface area contributed by atoms with Crippen LogP contribution in [0.2, 0.25) is 0 Å². The highest BCUT2D eigenvalue weighted by Crippen LogP contribution is 2.68. The third kappa shape index (κ3) is 3.97. The van der Waals surface area contributed by atoms with Crippen molar-refractivity contribution in [3.8, 4) is 0 Å². The highest BCUT2D eigenvalue weighted by atomic mass is 16.3. The largest absolute Gasteiger partial charge is 0.393 e. The van der Waals surface area contributed by atoms with Crippen LogP contribution in [0.15, 0.2) is 23.8 Å². The Kier molecular flexibility index (Phi) is 7.84. The molecule has 4 rings (SSSR count). The Labute approximate surface area is 185 Å².